The molecule has 0 aromatic heterocycles. The maximum Gasteiger partial charge on any atom is 0.274 e. The van der Waals surface area contributed by atoms with E-state index in [9.17, 15) is 4.79 Å². The van der Waals surface area contributed by atoms with Crippen molar-refractivity contribution >= 4 is 17.5 Å². The Labute approximate surface area is 99.7 Å². The fraction of sp³-hybridized carbons (Fsp3) is 0.364. The van der Waals surface area contributed by atoms with Gasteiger partial charge >= 0.3 is 0 Å². The van der Waals surface area contributed by atoms with Crippen molar-refractivity contribution in [1.82, 2.24) is 5.43 Å². The van der Waals surface area contributed by atoms with Gasteiger partial charge in [0.15, 0.2) is 6.10 Å². The molecule has 5 heteroatoms. The molecule has 1 rings (SSSR count). The summed E-state index contributed by atoms with van der Waals surface area (Å²) in [6.45, 7) is 5.43. The molecule has 0 saturated heterocycles. The number of benzene rings is 1. The lowest BCUT2D eigenvalue weighted by atomic mass is 10.1. The largest absolute Gasteiger partial charge is 0.479 e. The van der Waals surface area contributed by atoms with Gasteiger partial charge in [0.2, 0.25) is 0 Å². The highest BCUT2D eigenvalue weighted by Gasteiger charge is 2.16. The molecule has 1 amide bonds. The van der Waals surface area contributed by atoms with Gasteiger partial charge in [-0.05, 0) is 38.0 Å². The zero-order chi connectivity index (χ0) is 12.3. The molecular formula is C11H15ClN2O2. The van der Waals surface area contributed by atoms with Crippen molar-refractivity contribution in [1.29, 1.82) is 0 Å². The zero-order valence-corrected chi connectivity index (χ0v) is 10.3. The number of nitrogens with two attached hydrogens (primary N) is 1. The van der Waals surface area contributed by atoms with Crippen LogP contribution in [0, 0.1) is 13.8 Å². The van der Waals surface area contributed by atoms with Crippen LogP contribution in [-0.4, -0.2) is 12.0 Å². The van der Waals surface area contributed by atoms with Crippen molar-refractivity contribution in [3.63, 3.8) is 0 Å². The molecule has 0 aliphatic heterocycles. The Morgan fingerprint density at radius 3 is 2.62 bits per heavy atom. The molecule has 1 unspecified atom stereocenters. The maximum atomic E-state index is 11.2. The molecule has 3 N–H and O–H groups in total. The van der Waals surface area contributed by atoms with Crippen LogP contribution in [0.25, 0.3) is 0 Å². The lowest BCUT2D eigenvalue weighted by Crippen LogP contribution is -2.40. The number of carbonyl (C=O) groups is 1. The van der Waals surface area contributed by atoms with E-state index in [1.165, 1.54) is 0 Å². The Balaban J connectivity index is 2.93. The number of halogens is 1. The highest BCUT2D eigenvalue weighted by atomic mass is 35.5. The predicted octanol–water partition coefficient (Wildman–Crippen LogP) is 1.71. The monoisotopic (exact) mass is 242 g/mol. The van der Waals surface area contributed by atoms with Crippen LogP contribution in [0.15, 0.2) is 12.1 Å². The van der Waals surface area contributed by atoms with Crippen molar-refractivity contribution in [3.8, 4) is 5.75 Å². The highest BCUT2D eigenvalue weighted by molar-refractivity contribution is 6.32. The van der Waals surface area contributed by atoms with Gasteiger partial charge in [-0.3, -0.25) is 10.2 Å². The predicted molar refractivity (Wildman–Crippen MR) is 63.3 cm³/mol. The van der Waals surface area contributed by atoms with Crippen LogP contribution < -0.4 is 16.0 Å². The van der Waals surface area contributed by atoms with Crippen LogP contribution in [-0.2, 0) is 4.79 Å². The summed E-state index contributed by atoms with van der Waals surface area (Å²) >= 11 is 6.04. The Bertz CT molecular complexity index is 384. The van der Waals surface area contributed by atoms with Gasteiger partial charge in [-0.2, -0.15) is 0 Å². The summed E-state index contributed by atoms with van der Waals surface area (Å²) in [6.07, 6.45) is -0.677. The number of ether oxygens (including phenoxy) is 1. The summed E-state index contributed by atoms with van der Waals surface area (Å²) in [5.74, 6) is 5.14. The van der Waals surface area contributed by atoms with E-state index < -0.39 is 12.0 Å². The SMILES string of the molecule is Cc1cc(C)c(OC(C)C(=O)NN)c(Cl)c1. The Hall–Kier alpha value is -1.26. The van der Waals surface area contributed by atoms with Crippen LogP contribution in [0.3, 0.4) is 0 Å². The summed E-state index contributed by atoms with van der Waals surface area (Å²) < 4.78 is 5.46. The number of rotatable bonds is 3. The fourth-order valence-corrected chi connectivity index (χ4v) is 1.77. The van der Waals surface area contributed by atoms with Gasteiger partial charge in [0.1, 0.15) is 5.75 Å². The third-order valence-electron chi connectivity index (χ3n) is 2.18. The molecule has 0 aliphatic rings. The van der Waals surface area contributed by atoms with Gasteiger partial charge in [-0.1, -0.05) is 17.7 Å². The Morgan fingerprint density at radius 1 is 1.50 bits per heavy atom. The fourth-order valence-electron chi connectivity index (χ4n) is 1.40. The van der Waals surface area contributed by atoms with Crippen LogP contribution in [0.4, 0.5) is 0 Å². The minimum Gasteiger partial charge on any atom is -0.479 e. The van der Waals surface area contributed by atoms with Crippen molar-refractivity contribution in [2.24, 2.45) is 5.84 Å². The lowest BCUT2D eigenvalue weighted by molar-refractivity contribution is -0.127. The minimum atomic E-state index is -0.677. The molecule has 1 atom stereocenters. The van der Waals surface area contributed by atoms with E-state index >= 15 is 0 Å². The summed E-state index contributed by atoms with van der Waals surface area (Å²) in [6, 6.07) is 3.73. The molecule has 0 bridgehead atoms. The molecule has 1 aromatic carbocycles. The number of aryl methyl sites for hydroxylation is 2. The molecule has 88 valence electrons. The molecule has 0 radical (unpaired) electrons. The first-order valence-electron chi connectivity index (χ1n) is 4.89. The summed E-state index contributed by atoms with van der Waals surface area (Å²) in [5, 5.41) is 0.495. The number of amides is 1. The van der Waals surface area contributed by atoms with Gasteiger partial charge in [0.25, 0.3) is 5.91 Å². The summed E-state index contributed by atoms with van der Waals surface area (Å²) in [7, 11) is 0. The van der Waals surface area contributed by atoms with Crippen LogP contribution in [0.5, 0.6) is 5.75 Å². The standard InChI is InChI=1S/C11H15ClN2O2/c1-6-4-7(2)10(9(12)5-6)16-8(3)11(15)14-13/h4-5,8H,13H2,1-3H3,(H,14,15). The molecule has 0 spiro atoms. The first kappa shape index (κ1) is 12.8. The third kappa shape index (κ3) is 2.87. The topological polar surface area (TPSA) is 64.3 Å². The summed E-state index contributed by atoms with van der Waals surface area (Å²) in [5.41, 5.74) is 3.97. The molecule has 0 fully saturated rings. The van der Waals surface area contributed by atoms with Gasteiger partial charge in [-0.25, -0.2) is 5.84 Å². The smallest absolute Gasteiger partial charge is 0.274 e. The lowest BCUT2D eigenvalue weighted by Gasteiger charge is -2.16. The van der Waals surface area contributed by atoms with Crippen LogP contribution in [0.2, 0.25) is 5.02 Å². The second-order valence-electron chi connectivity index (χ2n) is 3.66. The van der Waals surface area contributed by atoms with Crippen molar-refractivity contribution in [3.05, 3.63) is 28.3 Å². The van der Waals surface area contributed by atoms with Crippen molar-refractivity contribution in [2.75, 3.05) is 0 Å². The van der Waals surface area contributed by atoms with Gasteiger partial charge < -0.3 is 4.74 Å². The van der Waals surface area contributed by atoms with Gasteiger partial charge in [0.05, 0.1) is 5.02 Å². The zero-order valence-electron chi connectivity index (χ0n) is 9.50. The molecular weight excluding hydrogens is 228 g/mol. The first-order chi connectivity index (χ1) is 7.45. The van der Waals surface area contributed by atoms with Crippen LogP contribution in [0.1, 0.15) is 18.1 Å². The Kier molecular flexibility index (Phi) is 4.15. The molecule has 16 heavy (non-hydrogen) atoms. The van der Waals surface area contributed by atoms with Gasteiger partial charge in [0, 0.05) is 0 Å². The number of hydrazine groups is 1. The Morgan fingerprint density at radius 2 is 2.12 bits per heavy atom. The number of hydrogen-bond acceptors (Lipinski definition) is 3. The third-order valence-corrected chi connectivity index (χ3v) is 2.46. The number of carbonyl (C=O) groups excluding carboxylic acids is 1. The van der Waals surface area contributed by atoms with E-state index in [-0.39, 0.29) is 0 Å². The van der Waals surface area contributed by atoms with E-state index in [2.05, 4.69) is 0 Å². The molecule has 0 heterocycles. The van der Waals surface area contributed by atoms with Gasteiger partial charge in [-0.15, -0.1) is 0 Å². The minimum absolute atomic E-state index is 0.393. The molecule has 0 saturated carbocycles. The van der Waals surface area contributed by atoms with Crippen molar-refractivity contribution in [2.45, 2.75) is 26.9 Å². The van der Waals surface area contributed by atoms with E-state index in [0.29, 0.717) is 10.8 Å². The molecule has 1 aromatic rings. The number of nitrogens with one attached hydrogen (secondary N) is 1. The first-order valence-corrected chi connectivity index (χ1v) is 5.27. The van der Waals surface area contributed by atoms with Crippen molar-refractivity contribution < 1.29 is 9.53 Å². The second-order valence-corrected chi connectivity index (χ2v) is 4.07. The summed E-state index contributed by atoms with van der Waals surface area (Å²) in [4.78, 5) is 11.2. The normalized spacial score (nSPS) is 12.1. The average molecular weight is 243 g/mol. The van der Waals surface area contributed by atoms with E-state index in [4.69, 9.17) is 22.2 Å². The van der Waals surface area contributed by atoms with E-state index in [1.807, 2.05) is 25.3 Å². The quantitative estimate of drug-likeness (QED) is 0.482. The van der Waals surface area contributed by atoms with Crippen LogP contribution >= 0.6 is 11.6 Å². The number of hydrogen-bond donors (Lipinski definition) is 2. The van der Waals surface area contributed by atoms with E-state index in [1.54, 1.807) is 13.0 Å². The van der Waals surface area contributed by atoms with E-state index in [0.717, 1.165) is 11.1 Å². The second kappa shape index (κ2) is 5.18. The highest BCUT2D eigenvalue weighted by Crippen LogP contribution is 2.30. The molecule has 4 nitrogen and oxygen atoms in total. The maximum absolute atomic E-state index is 11.2. The molecule has 0 aliphatic carbocycles. The average Bonchev–Trinajstić information content (AvgIpc) is 2.21.